The molecule has 2 aromatic rings. The number of likely N-dealkylation sites (tertiary alicyclic amines) is 1. The van der Waals surface area contributed by atoms with E-state index in [9.17, 15) is 4.79 Å². The number of amides is 1. The summed E-state index contributed by atoms with van der Waals surface area (Å²) in [5, 5.41) is 0. The Kier molecular flexibility index (Phi) is 3.74. The summed E-state index contributed by atoms with van der Waals surface area (Å²) in [6.45, 7) is 1.75. The van der Waals surface area contributed by atoms with Crippen molar-refractivity contribution in [2.45, 2.75) is 25.7 Å². The quantitative estimate of drug-likeness (QED) is 0.738. The Morgan fingerprint density at radius 3 is 1.87 bits per heavy atom. The van der Waals surface area contributed by atoms with Crippen LogP contribution >= 0.6 is 0 Å². The molecule has 4 rings (SSSR count). The van der Waals surface area contributed by atoms with Crippen LogP contribution in [0.5, 0.6) is 0 Å². The third kappa shape index (κ3) is 3.07. The first kappa shape index (κ1) is 14.3. The summed E-state index contributed by atoms with van der Waals surface area (Å²) >= 11 is 0. The molecular formula is C21H21NO. The molecule has 0 spiro atoms. The number of hydrogen-bond acceptors (Lipinski definition) is 1. The van der Waals surface area contributed by atoms with Crippen LogP contribution < -0.4 is 0 Å². The van der Waals surface area contributed by atoms with Gasteiger partial charge in [-0.3, -0.25) is 4.79 Å². The van der Waals surface area contributed by atoms with Gasteiger partial charge in [-0.1, -0.05) is 53.6 Å². The Balaban J connectivity index is 1.46. The van der Waals surface area contributed by atoms with E-state index in [0.717, 1.165) is 37.1 Å². The average molecular weight is 303 g/mol. The maximum atomic E-state index is 12.6. The molecule has 2 nitrogen and oxygen atoms in total. The third-order valence-electron chi connectivity index (χ3n) is 4.89. The van der Waals surface area contributed by atoms with E-state index in [4.69, 9.17) is 0 Å². The fourth-order valence-electron chi connectivity index (χ4n) is 3.37. The van der Waals surface area contributed by atoms with Crippen molar-refractivity contribution in [3.05, 3.63) is 71.3 Å². The summed E-state index contributed by atoms with van der Waals surface area (Å²) in [5.41, 5.74) is 6.41. The molecule has 0 N–H and O–H groups in total. The second-order valence-electron chi connectivity index (χ2n) is 6.44. The van der Waals surface area contributed by atoms with Crippen LogP contribution in [0.15, 0.2) is 65.7 Å². The van der Waals surface area contributed by atoms with E-state index in [2.05, 4.69) is 12.1 Å². The molecule has 2 fully saturated rings. The van der Waals surface area contributed by atoms with E-state index in [-0.39, 0.29) is 5.91 Å². The van der Waals surface area contributed by atoms with Gasteiger partial charge in [-0.15, -0.1) is 0 Å². The zero-order chi connectivity index (χ0) is 15.6. The van der Waals surface area contributed by atoms with Gasteiger partial charge >= 0.3 is 0 Å². The van der Waals surface area contributed by atoms with Gasteiger partial charge in [0.2, 0.25) is 0 Å². The molecule has 1 saturated heterocycles. The summed E-state index contributed by atoms with van der Waals surface area (Å²) in [6, 6.07) is 18.3. The molecule has 1 amide bonds. The zero-order valence-electron chi connectivity index (χ0n) is 13.3. The third-order valence-corrected chi connectivity index (χ3v) is 4.89. The van der Waals surface area contributed by atoms with Crippen LogP contribution in [0.25, 0.3) is 11.1 Å². The van der Waals surface area contributed by atoms with Gasteiger partial charge in [-0.05, 0) is 48.9 Å². The summed E-state index contributed by atoms with van der Waals surface area (Å²) in [4.78, 5) is 14.7. The van der Waals surface area contributed by atoms with Crippen molar-refractivity contribution in [2.75, 3.05) is 13.1 Å². The summed E-state index contributed by atoms with van der Waals surface area (Å²) in [7, 11) is 0. The Labute approximate surface area is 137 Å². The van der Waals surface area contributed by atoms with E-state index in [1.165, 1.54) is 18.4 Å². The van der Waals surface area contributed by atoms with Crippen LogP contribution in [-0.4, -0.2) is 23.9 Å². The lowest BCUT2D eigenvalue weighted by Gasteiger charge is -2.28. The monoisotopic (exact) mass is 303 g/mol. The van der Waals surface area contributed by atoms with Gasteiger partial charge in [0.25, 0.3) is 5.91 Å². The molecule has 0 bridgehead atoms. The standard InChI is InChI=1S/C21H21NO/c23-21(22-14-12-19(13-15-22)18-6-7-18)20-10-8-17(9-11-20)16-4-2-1-3-5-16/h1-5,8-11H,6-7,12-15H2. The van der Waals surface area contributed by atoms with Crippen molar-refractivity contribution >= 4 is 5.91 Å². The van der Waals surface area contributed by atoms with Crippen molar-refractivity contribution in [1.29, 1.82) is 0 Å². The molecule has 1 aliphatic heterocycles. The Hall–Kier alpha value is -2.35. The lowest BCUT2D eigenvalue weighted by atomic mass is 10.0. The molecule has 2 heteroatoms. The number of rotatable bonds is 2. The van der Waals surface area contributed by atoms with E-state index >= 15 is 0 Å². The van der Waals surface area contributed by atoms with E-state index < -0.39 is 0 Å². The van der Waals surface area contributed by atoms with Crippen LogP contribution in [-0.2, 0) is 0 Å². The first-order valence-corrected chi connectivity index (χ1v) is 8.46. The fraction of sp³-hybridized carbons (Fsp3) is 0.286. The van der Waals surface area contributed by atoms with E-state index in [0.29, 0.717) is 0 Å². The van der Waals surface area contributed by atoms with Gasteiger partial charge < -0.3 is 4.90 Å². The van der Waals surface area contributed by atoms with Gasteiger partial charge in [0.15, 0.2) is 0 Å². The maximum Gasteiger partial charge on any atom is 0.253 e. The molecule has 1 heterocycles. The highest BCUT2D eigenvalue weighted by molar-refractivity contribution is 5.94. The first-order chi connectivity index (χ1) is 11.3. The lowest BCUT2D eigenvalue weighted by Crippen LogP contribution is -2.36. The predicted octanol–water partition coefficient (Wildman–Crippen LogP) is 4.68. The van der Waals surface area contributed by atoms with Gasteiger partial charge in [0.1, 0.15) is 0 Å². The summed E-state index contributed by atoms with van der Waals surface area (Å²) < 4.78 is 0. The number of carbonyl (C=O) groups excluding carboxylic acids is 1. The molecule has 2 aromatic carbocycles. The van der Waals surface area contributed by atoms with Crippen LogP contribution in [0.3, 0.4) is 0 Å². The number of hydrogen-bond donors (Lipinski definition) is 0. The maximum absolute atomic E-state index is 12.6. The van der Waals surface area contributed by atoms with Crippen LogP contribution in [0.2, 0.25) is 0 Å². The van der Waals surface area contributed by atoms with Crippen LogP contribution in [0.1, 0.15) is 36.0 Å². The Morgan fingerprint density at radius 2 is 1.26 bits per heavy atom. The molecule has 0 atom stereocenters. The van der Waals surface area contributed by atoms with Gasteiger partial charge in [-0.25, -0.2) is 0 Å². The highest BCUT2D eigenvalue weighted by Crippen LogP contribution is 2.36. The van der Waals surface area contributed by atoms with Crippen LogP contribution in [0, 0.1) is 0 Å². The SMILES string of the molecule is O=C(c1ccc(-c2ccccc2)cc1)N1CCC(=C2CC2)CC1. The zero-order valence-corrected chi connectivity index (χ0v) is 13.3. The number of allylic oxidation sites excluding steroid dienone is 1. The van der Waals surface area contributed by atoms with Gasteiger partial charge in [0, 0.05) is 18.7 Å². The average Bonchev–Trinajstić information content (AvgIpc) is 3.47. The van der Waals surface area contributed by atoms with Crippen LogP contribution in [0.4, 0.5) is 0 Å². The van der Waals surface area contributed by atoms with Gasteiger partial charge in [-0.2, -0.15) is 0 Å². The van der Waals surface area contributed by atoms with Crippen molar-refractivity contribution in [2.24, 2.45) is 0 Å². The number of benzene rings is 2. The molecule has 0 aromatic heterocycles. The normalized spacial score (nSPS) is 17.3. The smallest absolute Gasteiger partial charge is 0.253 e. The fourth-order valence-corrected chi connectivity index (χ4v) is 3.37. The predicted molar refractivity (Wildman–Crippen MR) is 93.3 cm³/mol. The minimum absolute atomic E-state index is 0.171. The topological polar surface area (TPSA) is 20.3 Å². The highest BCUT2D eigenvalue weighted by atomic mass is 16.2. The molecule has 1 aliphatic carbocycles. The number of nitrogens with zero attached hydrogens (tertiary/aromatic N) is 1. The van der Waals surface area contributed by atoms with Gasteiger partial charge in [0.05, 0.1) is 0 Å². The second kappa shape index (κ2) is 6.04. The largest absolute Gasteiger partial charge is 0.338 e. The molecule has 116 valence electrons. The molecular weight excluding hydrogens is 282 g/mol. The first-order valence-electron chi connectivity index (χ1n) is 8.46. The number of carbonyl (C=O) groups is 1. The Bertz CT molecular complexity index is 727. The minimum atomic E-state index is 0.171. The van der Waals surface area contributed by atoms with Crippen molar-refractivity contribution in [3.63, 3.8) is 0 Å². The van der Waals surface area contributed by atoms with E-state index in [1.54, 1.807) is 11.1 Å². The Morgan fingerprint density at radius 1 is 0.696 bits per heavy atom. The van der Waals surface area contributed by atoms with Crippen molar-refractivity contribution in [1.82, 2.24) is 4.90 Å². The van der Waals surface area contributed by atoms with Crippen molar-refractivity contribution < 1.29 is 4.79 Å². The summed E-state index contributed by atoms with van der Waals surface area (Å²) in [5.74, 6) is 0.171. The van der Waals surface area contributed by atoms with Crippen molar-refractivity contribution in [3.8, 4) is 11.1 Å². The molecule has 0 unspecified atom stereocenters. The molecule has 0 radical (unpaired) electrons. The minimum Gasteiger partial charge on any atom is -0.338 e. The molecule has 1 saturated carbocycles. The summed E-state index contributed by atoms with van der Waals surface area (Å²) in [6.07, 6.45) is 4.74. The van der Waals surface area contributed by atoms with E-state index in [1.807, 2.05) is 47.4 Å². The number of piperidine rings is 1. The lowest BCUT2D eigenvalue weighted by molar-refractivity contribution is 0.0743. The highest BCUT2D eigenvalue weighted by Gasteiger charge is 2.24. The second-order valence-corrected chi connectivity index (χ2v) is 6.44. The molecule has 23 heavy (non-hydrogen) atoms. The molecule has 2 aliphatic rings.